The third-order valence-corrected chi connectivity index (χ3v) is 5.49. The maximum absolute atomic E-state index is 13.2. The molecular weight excluding hydrogens is 396 g/mol. The first-order valence-corrected chi connectivity index (χ1v) is 8.82. The van der Waals surface area contributed by atoms with Crippen LogP contribution < -0.4 is 5.32 Å². The molecule has 26 heavy (non-hydrogen) atoms. The van der Waals surface area contributed by atoms with Gasteiger partial charge in [0, 0.05) is 0 Å². The number of alkyl halides is 6. The number of nitrogens with one attached hydrogen (secondary N) is 1. The van der Waals surface area contributed by atoms with E-state index in [0.29, 0.717) is 0 Å². The molecule has 13 heteroatoms. The lowest BCUT2D eigenvalue weighted by Crippen LogP contribution is -2.67. The van der Waals surface area contributed by atoms with Crippen LogP contribution in [-0.4, -0.2) is 55.2 Å². The van der Waals surface area contributed by atoms with Gasteiger partial charge in [0.05, 0.1) is 0 Å². The van der Waals surface area contributed by atoms with Gasteiger partial charge < -0.3 is 10.1 Å². The van der Waals surface area contributed by atoms with E-state index in [2.05, 4.69) is 10.1 Å². The molecule has 0 bridgehead atoms. The van der Waals surface area contributed by atoms with Crippen LogP contribution in [0, 0.1) is 5.41 Å². The topological polar surface area (TPSA) is 92.7 Å². The predicted octanol–water partition coefficient (Wildman–Crippen LogP) is 2.70. The maximum Gasteiger partial charge on any atom is 0.438 e. The van der Waals surface area contributed by atoms with Crippen molar-refractivity contribution >= 4 is 16.1 Å². The largest absolute Gasteiger partial charge is 0.438 e. The Hall–Kier alpha value is -1.08. The SMILES string of the molecule is CCC(C)(C)C(C)(NC)C(=O)OC(CS(=O)(=O)O)(C(F)(F)F)C(F)(F)F. The van der Waals surface area contributed by atoms with E-state index in [4.69, 9.17) is 4.55 Å². The second-order valence-corrected chi connectivity index (χ2v) is 8.00. The van der Waals surface area contributed by atoms with Crippen LogP contribution in [0.4, 0.5) is 26.3 Å². The summed E-state index contributed by atoms with van der Waals surface area (Å²) < 4.78 is 114. The molecule has 0 radical (unpaired) electrons. The quantitative estimate of drug-likeness (QED) is 0.376. The van der Waals surface area contributed by atoms with E-state index in [0.717, 1.165) is 14.0 Å². The van der Waals surface area contributed by atoms with Crippen molar-refractivity contribution in [2.45, 2.75) is 57.6 Å². The summed E-state index contributed by atoms with van der Waals surface area (Å²) in [4.78, 5) is 12.3. The van der Waals surface area contributed by atoms with Gasteiger partial charge in [0.2, 0.25) is 0 Å². The Morgan fingerprint density at radius 3 is 1.65 bits per heavy atom. The molecule has 0 amide bonds. The van der Waals surface area contributed by atoms with Crippen LogP contribution in [0.25, 0.3) is 0 Å². The Bertz CT molecular complexity index is 614. The number of hydrogen-bond acceptors (Lipinski definition) is 5. The molecule has 0 saturated heterocycles. The predicted molar refractivity (Wildman–Crippen MR) is 78.9 cm³/mol. The zero-order chi connectivity index (χ0) is 21.4. The van der Waals surface area contributed by atoms with Gasteiger partial charge in [-0.15, -0.1) is 0 Å². The van der Waals surface area contributed by atoms with Crippen molar-refractivity contribution in [3.8, 4) is 0 Å². The lowest BCUT2D eigenvalue weighted by molar-refractivity contribution is -0.363. The van der Waals surface area contributed by atoms with Crippen LogP contribution in [0.2, 0.25) is 0 Å². The molecule has 0 aromatic carbocycles. The van der Waals surface area contributed by atoms with Crippen molar-refractivity contribution in [1.29, 1.82) is 0 Å². The average Bonchev–Trinajstić information content (AvgIpc) is 2.41. The first-order chi connectivity index (χ1) is 11.2. The van der Waals surface area contributed by atoms with Gasteiger partial charge in [-0.1, -0.05) is 20.8 Å². The van der Waals surface area contributed by atoms with Crippen LogP contribution >= 0.6 is 0 Å². The summed E-state index contributed by atoms with van der Waals surface area (Å²) in [6, 6.07) is 0. The number of likely N-dealkylation sites (N-methyl/N-ethyl adjacent to an activating group) is 1. The van der Waals surface area contributed by atoms with E-state index in [9.17, 15) is 39.6 Å². The number of esters is 1. The van der Waals surface area contributed by atoms with Gasteiger partial charge in [0.15, 0.2) is 0 Å². The van der Waals surface area contributed by atoms with Gasteiger partial charge in [-0.25, -0.2) is 0 Å². The molecule has 0 saturated carbocycles. The van der Waals surface area contributed by atoms with Crippen molar-refractivity contribution < 1.29 is 48.8 Å². The van der Waals surface area contributed by atoms with Crippen molar-refractivity contribution in [3.05, 3.63) is 0 Å². The molecule has 0 aliphatic heterocycles. The molecule has 0 aromatic rings. The van der Waals surface area contributed by atoms with E-state index in [1.54, 1.807) is 6.92 Å². The monoisotopic (exact) mass is 417 g/mol. The van der Waals surface area contributed by atoms with E-state index < -0.39 is 50.7 Å². The molecule has 6 nitrogen and oxygen atoms in total. The lowest BCUT2D eigenvalue weighted by atomic mass is 9.71. The first-order valence-electron chi connectivity index (χ1n) is 7.22. The maximum atomic E-state index is 13.2. The summed E-state index contributed by atoms with van der Waals surface area (Å²) in [5.41, 5.74) is -8.62. The third-order valence-electron chi connectivity index (χ3n) is 4.71. The van der Waals surface area contributed by atoms with Gasteiger partial charge in [0.25, 0.3) is 10.1 Å². The Kier molecular flexibility index (Phi) is 6.85. The number of hydrogen-bond donors (Lipinski definition) is 2. The molecule has 156 valence electrons. The van der Waals surface area contributed by atoms with Crippen molar-refractivity contribution in [2.75, 3.05) is 12.8 Å². The molecule has 1 atom stereocenters. The summed E-state index contributed by atoms with van der Waals surface area (Å²) in [6.45, 7) is 5.37. The highest BCUT2D eigenvalue weighted by Crippen LogP contribution is 2.48. The first kappa shape index (κ1) is 24.9. The highest BCUT2D eigenvalue weighted by molar-refractivity contribution is 7.85. The molecule has 0 rings (SSSR count). The molecule has 0 spiro atoms. The Balaban J connectivity index is 6.49. The van der Waals surface area contributed by atoms with Crippen LogP contribution in [0.5, 0.6) is 0 Å². The fraction of sp³-hybridized carbons (Fsp3) is 0.923. The second-order valence-electron chi connectivity index (χ2n) is 6.55. The van der Waals surface area contributed by atoms with Crippen LogP contribution in [0.15, 0.2) is 0 Å². The molecule has 0 aliphatic rings. The fourth-order valence-electron chi connectivity index (χ4n) is 2.06. The normalized spacial score (nSPS) is 16.9. The van der Waals surface area contributed by atoms with Crippen molar-refractivity contribution in [2.24, 2.45) is 5.41 Å². The van der Waals surface area contributed by atoms with Gasteiger partial charge in [-0.05, 0) is 25.8 Å². The summed E-state index contributed by atoms with van der Waals surface area (Å²) in [6.07, 6.45) is -12.6. The molecule has 0 heterocycles. The number of halogens is 6. The van der Waals surface area contributed by atoms with E-state index in [1.165, 1.54) is 13.8 Å². The minimum atomic E-state index is -6.36. The Morgan fingerprint density at radius 1 is 1.04 bits per heavy atom. The standard InChI is InChI=1S/C13H21F6NO5S/c1-6-9(2,3)10(4,20-5)8(21)25-11(12(14,15)16,13(17,18)19)7-26(22,23)24/h20H,6-7H2,1-5H3,(H,22,23,24). The number of rotatable bonds is 7. The third kappa shape index (κ3) is 4.60. The molecule has 0 fully saturated rings. The van der Waals surface area contributed by atoms with Gasteiger partial charge >= 0.3 is 23.9 Å². The summed E-state index contributed by atoms with van der Waals surface area (Å²) in [5, 5.41) is 2.34. The number of ether oxygens (including phenoxy) is 1. The van der Waals surface area contributed by atoms with Gasteiger partial charge in [-0.2, -0.15) is 34.8 Å². The number of carbonyl (C=O) groups is 1. The molecular formula is C13H21F6NO5S. The zero-order valence-corrected chi connectivity index (χ0v) is 15.5. The van der Waals surface area contributed by atoms with Crippen molar-refractivity contribution in [1.82, 2.24) is 5.32 Å². The molecule has 1 unspecified atom stereocenters. The van der Waals surface area contributed by atoms with E-state index >= 15 is 0 Å². The van der Waals surface area contributed by atoms with Crippen LogP contribution in [0.1, 0.15) is 34.1 Å². The minimum Gasteiger partial charge on any atom is -0.437 e. The lowest BCUT2D eigenvalue weighted by Gasteiger charge is -2.44. The summed E-state index contributed by atoms with van der Waals surface area (Å²) in [7, 11) is -4.70. The van der Waals surface area contributed by atoms with Gasteiger partial charge in [-0.3, -0.25) is 9.35 Å². The smallest absolute Gasteiger partial charge is 0.437 e. The zero-order valence-electron chi connectivity index (χ0n) is 14.7. The molecule has 0 aliphatic carbocycles. The van der Waals surface area contributed by atoms with E-state index in [1.807, 2.05) is 0 Å². The van der Waals surface area contributed by atoms with Crippen molar-refractivity contribution in [3.63, 3.8) is 0 Å². The fourth-order valence-corrected chi connectivity index (χ4v) is 2.96. The average molecular weight is 417 g/mol. The molecule has 0 aromatic heterocycles. The van der Waals surface area contributed by atoms with Crippen LogP contribution in [0.3, 0.4) is 0 Å². The Labute approximate surface area is 147 Å². The van der Waals surface area contributed by atoms with Gasteiger partial charge in [0.1, 0.15) is 11.3 Å². The van der Waals surface area contributed by atoms with Crippen LogP contribution in [-0.2, 0) is 19.6 Å². The minimum absolute atomic E-state index is 0.156. The second kappa shape index (κ2) is 7.15. The highest BCUT2D eigenvalue weighted by atomic mass is 32.2. The summed E-state index contributed by atoms with van der Waals surface area (Å²) >= 11 is 0. The molecule has 2 N–H and O–H groups in total. The summed E-state index contributed by atoms with van der Waals surface area (Å²) in [5.74, 6) is -4.88. The van der Waals surface area contributed by atoms with E-state index in [-0.39, 0.29) is 6.42 Å². The number of carbonyl (C=O) groups excluding carboxylic acids is 1. The Morgan fingerprint density at radius 2 is 1.42 bits per heavy atom. The highest BCUT2D eigenvalue weighted by Gasteiger charge is 2.76.